The molecule has 0 aliphatic rings. The lowest BCUT2D eigenvalue weighted by atomic mass is 10.0. The fraction of sp³-hybridized carbons (Fsp3) is 0.222. The van der Waals surface area contributed by atoms with Crippen LogP contribution in [0.15, 0.2) is 54.6 Å². The minimum Gasteiger partial charge on any atom is -0.309 e. The Bertz CT molecular complexity index is 609. The van der Waals surface area contributed by atoms with Crippen molar-refractivity contribution in [3.05, 3.63) is 60.2 Å². The molecule has 0 spiro atoms. The van der Waals surface area contributed by atoms with Crippen LogP contribution >= 0.6 is 0 Å². The van der Waals surface area contributed by atoms with Crippen molar-refractivity contribution in [2.75, 3.05) is 6.54 Å². The van der Waals surface area contributed by atoms with E-state index in [4.69, 9.17) is 0 Å². The Balaban J connectivity index is 1.93. The molecule has 0 saturated heterocycles. The smallest absolute Gasteiger partial charge is 0.0214 e. The van der Waals surface area contributed by atoms with Crippen LogP contribution in [0.5, 0.6) is 0 Å². The molecule has 0 aliphatic heterocycles. The highest BCUT2D eigenvalue weighted by Crippen LogP contribution is 2.17. The first kappa shape index (κ1) is 13.4. The van der Waals surface area contributed by atoms with Crippen molar-refractivity contribution in [1.82, 2.24) is 5.32 Å². The summed E-state index contributed by atoms with van der Waals surface area (Å²) in [5, 5.41) is 6.04. The van der Waals surface area contributed by atoms with Gasteiger partial charge in [0.1, 0.15) is 0 Å². The van der Waals surface area contributed by atoms with Crippen LogP contribution in [-0.4, -0.2) is 6.54 Å². The highest BCUT2D eigenvalue weighted by atomic mass is 14.8. The minimum absolute atomic E-state index is 0.849. The standard InChI is InChI=1S/C18H19N/c1-2-3-4-5-8-14-19-15-17-12-9-11-16-10-6-7-13-18(16)17/h5-13,19H,2,14-15H2,1H3/b8-5+. The molecule has 2 rings (SSSR count). The van der Waals surface area contributed by atoms with Gasteiger partial charge in [-0.2, -0.15) is 0 Å². The van der Waals surface area contributed by atoms with E-state index in [-0.39, 0.29) is 0 Å². The third kappa shape index (κ3) is 3.98. The van der Waals surface area contributed by atoms with Crippen LogP contribution in [0.25, 0.3) is 10.8 Å². The van der Waals surface area contributed by atoms with Gasteiger partial charge >= 0.3 is 0 Å². The lowest BCUT2D eigenvalue weighted by molar-refractivity contribution is 0.764. The lowest BCUT2D eigenvalue weighted by Crippen LogP contribution is -2.12. The maximum absolute atomic E-state index is 3.42. The normalized spacial score (nSPS) is 10.6. The molecule has 1 N–H and O–H groups in total. The molecule has 1 heteroatoms. The Morgan fingerprint density at radius 2 is 1.95 bits per heavy atom. The Kier molecular flexibility index (Phi) is 5.22. The summed E-state index contributed by atoms with van der Waals surface area (Å²) >= 11 is 0. The minimum atomic E-state index is 0.849. The monoisotopic (exact) mass is 249 g/mol. The Hall–Kier alpha value is -2.04. The van der Waals surface area contributed by atoms with E-state index in [0.29, 0.717) is 0 Å². The fourth-order valence-corrected chi connectivity index (χ4v) is 2.02. The summed E-state index contributed by atoms with van der Waals surface area (Å²) in [7, 11) is 0. The maximum atomic E-state index is 3.42. The first-order chi connectivity index (χ1) is 9.42. The summed E-state index contributed by atoms with van der Waals surface area (Å²) in [6.45, 7) is 3.79. The van der Waals surface area contributed by atoms with Gasteiger partial charge in [-0.25, -0.2) is 0 Å². The van der Waals surface area contributed by atoms with Gasteiger partial charge in [0.25, 0.3) is 0 Å². The zero-order chi connectivity index (χ0) is 13.3. The zero-order valence-corrected chi connectivity index (χ0v) is 11.3. The van der Waals surface area contributed by atoms with Gasteiger partial charge in [0.2, 0.25) is 0 Å². The molecule has 0 saturated carbocycles. The molecule has 0 bridgehead atoms. The van der Waals surface area contributed by atoms with Gasteiger partial charge < -0.3 is 5.32 Å². The predicted molar refractivity (Wildman–Crippen MR) is 82.9 cm³/mol. The van der Waals surface area contributed by atoms with Crippen LogP contribution in [0.2, 0.25) is 0 Å². The lowest BCUT2D eigenvalue weighted by Gasteiger charge is -2.06. The van der Waals surface area contributed by atoms with Gasteiger partial charge in [-0.05, 0) is 22.4 Å². The molecule has 0 aliphatic carbocycles. The van der Waals surface area contributed by atoms with Crippen LogP contribution in [0.3, 0.4) is 0 Å². The molecule has 0 atom stereocenters. The van der Waals surface area contributed by atoms with Crippen LogP contribution in [0.4, 0.5) is 0 Å². The quantitative estimate of drug-likeness (QED) is 0.640. The summed E-state index contributed by atoms with van der Waals surface area (Å²) in [6.07, 6.45) is 4.89. The first-order valence-corrected chi connectivity index (χ1v) is 6.72. The SMILES string of the molecule is CCC#C/C=C/CNCc1cccc2ccccc12. The van der Waals surface area contributed by atoms with Crippen LogP contribution in [-0.2, 0) is 6.54 Å². The number of allylic oxidation sites excluding steroid dienone is 1. The Morgan fingerprint density at radius 1 is 1.11 bits per heavy atom. The topological polar surface area (TPSA) is 12.0 Å². The van der Waals surface area contributed by atoms with Crippen LogP contribution < -0.4 is 5.32 Å². The predicted octanol–water partition coefficient (Wildman–Crippen LogP) is 3.90. The molecule has 96 valence electrons. The second kappa shape index (κ2) is 7.41. The van der Waals surface area contributed by atoms with E-state index in [1.54, 1.807) is 0 Å². The van der Waals surface area contributed by atoms with Crippen molar-refractivity contribution in [1.29, 1.82) is 0 Å². The summed E-state index contributed by atoms with van der Waals surface area (Å²) < 4.78 is 0. The largest absolute Gasteiger partial charge is 0.309 e. The van der Waals surface area contributed by atoms with Gasteiger partial charge in [-0.1, -0.05) is 67.3 Å². The van der Waals surface area contributed by atoms with E-state index < -0.39 is 0 Å². The number of fused-ring (bicyclic) bond motifs is 1. The van der Waals surface area contributed by atoms with Crippen molar-refractivity contribution in [2.24, 2.45) is 0 Å². The van der Waals surface area contributed by atoms with Gasteiger partial charge in [-0.15, -0.1) is 0 Å². The van der Waals surface area contributed by atoms with E-state index >= 15 is 0 Å². The number of hydrogen-bond donors (Lipinski definition) is 1. The second-order valence-electron chi connectivity index (χ2n) is 4.35. The van der Waals surface area contributed by atoms with Gasteiger partial charge in [0.05, 0.1) is 0 Å². The highest BCUT2D eigenvalue weighted by molar-refractivity contribution is 5.85. The number of rotatable bonds is 4. The molecular weight excluding hydrogens is 230 g/mol. The van der Waals surface area contributed by atoms with E-state index in [0.717, 1.165) is 19.5 Å². The maximum Gasteiger partial charge on any atom is 0.0214 e. The third-order valence-corrected chi connectivity index (χ3v) is 2.94. The highest BCUT2D eigenvalue weighted by Gasteiger charge is 1.98. The fourth-order valence-electron chi connectivity index (χ4n) is 2.02. The number of nitrogens with one attached hydrogen (secondary N) is 1. The average molecular weight is 249 g/mol. The summed E-state index contributed by atoms with van der Waals surface area (Å²) in [5.74, 6) is 6.01. The number of hydrogen-bond acceptors (Lipinski definition) is 1. The van der Waals surface area contributed by atoms with E-state index in [2.05, 4.69) is 72.6 Å². The molecule has 0 unspecified atom stereocenters. The van der Waals surface area contributed by atoms with E-state index in [1.165, 1.54) is 16.3 Å². The molecular formula is C18H19N. The van der Waals surface area contributed by atoms with Gasteiger partial charge in [0, 0.05) is 19.5 Å². The van der Waals surface area contributed by atoms with Gasteiger partial charge in [0.15, 0.2) is 0 Å². The van der Waals surface area contributed by atoms with Crippen molar-refractivity contribution in [3.8, 4) is 11.8 Å². The second-order valence-corrected chi connectivity index (χ2v) is 4.35. The summed E-state index contributed by atoms with van der Waals surface area (Å²) in [5.41, 5.74) is 1.34. The molecule has 19 heavy (non-hydrogen) atoms. The first-order valence-electron chi connectivity index (χ1n) is 6.72. The molecule has 2 aromatic rings. The number of benzene rings is 2. The zero-order valence-electron chi connectivity index (χ0n) is 11.3. The molecule has 0 fully saturated rings. The van der Waals surface area contributed by atoms with Crippen LogP contribution in [0, 0.1) is 11.8 Å². The molecule has 2 aromatic carbocycles. The molecule has 0 radical (unpaired) electrons. The molecule has 0 aromatic heterocycles. The molecule has 1 nitrogen and oxygen atoms in total. The van der Waals surface area contributed by atoms with Crippen molar-refractivity contribution >= 4 is 10.8 Å². The van der Waals surface area contributed by atoms with Crippen molar-refractivity contribution in [3.63, 3.8) is 0 Å². The molecule has 0 heterocycles. The van der Waals surface area contributed by atoms with Crippen molar-refractivity contribution < 1.29 is 0 Å². The van der Waals surface area contributed by atoms with E-state index in [1.807, 2.05) is 6.08 Å². The molecule has 0 amide bonds. The van der Waals surface area contributed by atoms with Crippen LogP contribution in [0.1, 0.15) is 18.9 Å². The Morgan fingerprint density at radius 3 is 2.84 bits per heavy atom. The van der Waals surface area contributed by atoms with Gasteiger partial charge in [-0.3, -0.25) is 0 Å². The third-order valence-electron chi connectivity index (χ3n) is 2.94. The average Bonchev–Trinajstić information content (AvgIpc) is 2.46. The summed E-state index contributed by atoms with van der Waals surface area (Å²) in [6, 6.07) is 14.9. The summed E-state index contributed by atoms with van der Waals surface area (Å²) in [4.78, 5) is 0. The van der Waals surface area contributed by atoms with E-state index in [9.17, 15) is 0 Å². The van der Waals surface area contributed by atoms with Crippen molar-refractivity contribution in [2.45, 2.75) is 19.9 Å². The Labute approximate surface area is 115 Å².